The number of hydrogen-bond donors (Lipinski definition) is 0. The van der Waals surface area contributed by atoms with E-state index in [1.807, 2.05) is 48.5 Å². The molecule has 1 amide bonds. The van der Waals surface area contributed by atoms with Crippen LogP contribution in [0, 0.1) is 17.6 Å². The number of piperidine rings is 1. The molecule has 0 bridgehead atoms. The van der Waals surface area contributed by atoms with Crippen molar-refractivity contribution >= 4 is 58.5 Å². The molecule has 0 N–H and O–H groups in total. The lowest BCUT2D eigenvalue weighted by molar-refractivity contribution is -0.123. The number of sulfonamides is 1. The van der Waals surface area contributed by atoms with Gasteiger partial charge in [0.25, 0.3) is 0 Å². The zero-order valence-electron chi connectivity index (χ0n) is 19.5. The van der Waals surface area contributed by atoms with E-state index in [1.54, 1.807) is 4.90 Å². The fraction of sp³-hybridized carbons (Fsp3) is 0.231. The van der Waals surface area contributed by atoms with Crippen molar-refractivity contribution < 1.29 is 22.0 Å². The predicted octanol–water partition coefficient (Wildman–Crippen LogP) is 5.97. The normalized spacial score (nSPS) is 15.2. The molecule has 37 heavy (non-hydrogen) atoms. The Balaban J connectivity index is 1.37. The number of thiazole rings is 1. The number of halogens is 3. The Labute approximate surface area is 225 Å². The molecule has 1 aliphatic rings. The summed E-state index contributed by atoms with van der Waals surface area (Å²) in [4.78, 5) is 19.9. The first-order valence-corrected chi connectivity index (χ1v) is 14.6. The van der Waals surface area contributed by atoms with Crippen molar-refractivity contribution in [3.05, 3.63) is 88.4 Å². The van der Waals surface area contributed by atoms with E-state index in [9.17, 15) is 22.0 Å². The molecule has 0 aliphatic carbocycles. The van der Waals surface area contributed by atoms with Crippen LogP contribution in [0.5, 0.6) is 0 Å². The molecule has 6 nitrogen and oxygen atoms in total. The van der Waals surface area contributed by atoms with Crippen LogP contribution in [0.1, 0.15) is 18.4 Å². The highest BCUT2D eigenvalue weighted by Gasteiger charge is 2.35. The molecule has 3 aromatic carbocycles. The first-order valence-electron chi connectivity index (χ1n) is 11.6. The van der Waals surface area contributed by atoms with Gasteiger partial charge in [-0.05, 0) is 54.8 Å². The first kappa shape index (κ1) is 25.9. The minimum Gasteiger partial charge on any atom is -0.283 e. The lowest BCUT2D eigenvalue weighted by atomic mass is 9.96. The van der Waals surface area contributed by atoms with Gasteiger partial charge < -0.3 is 0 Å². The number of amides is 1. The second kappa shape index (κ2) is 10.6. The molecule has 11 heteroatoms. The highest BCUT2D eigenvalue weighted by molar-refractivity contribution is 9.10. The van der Waals surface area contributed by atoms with Crippen LogP contribution in [0.25, 0.3) is 10.2 Å². The number of nitrogens with zero attached hydrogens (tertiary/aromatic N) is 3. The third kappa shape index (κ3) is 5.45. The van der Waals surface area contributed by atoms with Crippen molar-refractivity contribution in [2.45, 2.75) is 24.3 Å². The van der Waals surface area contributed by atoms with Crippen molar-refractivity contribution in [2.75, 3.05) is 18.0 Å². The standard InChI is InChI=1S/C26H22BrF2N3O3S2/c27-19-6-9-23-24(14-19)36-26(30-23)32(16-17-4-2-1-3-5-17)25(33)18-10-12-31(13-11-18)37(34,35)20-7-8-21(28)22(29)15-20/h1-9,14-15,18H,10-13,16H2. The van der Waals surface area contributed by atoms with Gasteiger partial charge in [-0.25, -0.2) is 22.2 Å². The van der Waals surface area contributed by atoms with Gasteiger partial charge in [-0.15, -0.1) is 0 Å². The van der Waals surface area contributed by atoms with Crippen molar-refractivity contribution in [3.63, 3.8) is 0 Å². The zero-order chi connectivity index (χ0) is 26.2. The van der Waals surface area contributed by atoms with Gasteiger partial charge in [0.2, 0.25) is 15.9 Å². The smallest absolute Gasteiger partial charge is 0.243 e. The third-order valence-corrected chi connectivity index (χ3v) is 9.78. The van der Waals surface area contributed by atoms with Crippen LogP contribution >= 0.6 is 27.3 Å². The van der Waals surface area contributed by atoms with Gasteiger partial charge in [0.15, 0.2) is 16.8 Å². The number of anilines is 1. The van der Waals surface area contributed by atoms with Crippen molar-refractivity contribution in [2.24, 2.45) is 5.92 Å². The van der Waals surface area contributed by atoms with Crippen LogP contribution in [0.2, 0.25) is 0 Å². The zero-order valence-corrected chi connectivity index (χ0v) is 22.7. The lowest BCUT2D eigenvalue weighted by Crippen LogP contribution is -2.44. The largest absolute Gasteiger partial charge is 0.283 e. The van der Waals surface area contributed by atoms with Gasteiger partial charge in [-0.1, -0.05) is 57.6 Å². The molecule has 2 heterocycles. The second-order valence-electron chi connectivity index (χ2n) is 8.77. The Hall–Kier alpha value is -2.73. The van der Waals surface area contributed by atoms with E-state index in [-0.39, 0.29) is 23.9 Å². The molecule has 4 aromatic rings. The van der Waals surface area contributed by atoms with E-state index >= 15 is 0 Å². The van der Waals surface area contributed by atoms with Crippen LogP contribution < -0.4 is 4.90 Å². The number of carbonyl (C=O) groups is 1. The molecular weight excluding hydrogens is 584 g/mol. The Morgan fingerprint density at radius 2 is 1.76 bits per heavy atom. The Bertz CT molecular complexity index is 1560. The number of fused-ring (bicyclic) bond motifs is 1. The Morgan fingerprint density at radius 1 is 1.03 bits per heavy atom. The number of aromatic nitrogens is 1. The average molecular weight is 607 g/mol. The molecule has 0 radical (unpaired) electrons. The van der Waals surface area contributed by atoms with Crippen LogP contribution in [0.3, 0.4) is 0 Å². The first-order chi connectivity index (χ1) is 17.7. The highest BCUT2D eigenvalue weighted by Crippen LogP contribution is 2.34. The fourth-order valence-electron chi connectivity index (χ4n) is 4.36. The van der Waals surface area contributed by atoms with Crippen LogP contribution in [0.4, 0.5) is 13.9 Å². The quantitative estimate of drug-likeness (QED) is 0.271. The maximum absolute atomic E-state index is 13.8. The molecule has 0 unspecified atom stereocenters. The molecule has 5 rings (SSSR count). The van der Waals surface area contributed by atoms with Crippen molar-refractivity contribution in [3.8, 4) is 0 Å². The van der Waals surface area contributed by atoms with Crippen molar-refractivity contribution in [1.29, 1.82) is 0 Å². The van der Waals surface area contributed by atoms with E-state index in [0.29, 0.717) is 30.6 Å². The van der Waals surface area contributed by atoms with E-state index in [0.717, 1.165) is 32.4 Å². The summed E-state index contributed by atoms with van der Waals surface area (Å²) < 4.78 is 56.0. The number of rotatable bonds is 6. The van der Waals surface area contributed by atoms with Crippen LogP contribution in [-0.4, -0.2) is 36.7 Å². The predicted molar refractivity (Wildman–Crippen MR) is 143 cm³/mol. The van der Waals surface area contributed by atoms with Crippen LogP contribution in [-0.2, 0) is 21.4 Å². The Morgan fingerprint density at radius 3 is 2.46 bits per heavy atom. The van der Waals surface area contributed by atoms with Gasteiger partial charge in [0.1, 0.15) is 0 Å². The summed E-state index contributed by atoms with van der Waals surface area (Å²) >= 11 is 4.90. The SMILES string of the molecule is O=C(C1CCN(S(=O)(=O)c2ccc(F)c(F)c2)CC1)N(Cc1ccccc1)c1nc2ccc(Br)cc2s1. The summed E-state index contributed by atoms with van der Waals surface area (Å²) in [6, 6.07) is 17.9. The maximum Gasteiger partial charge on any atom is 0.243 e. The van der Waals surface area contributed by atoms with Gasteiger partial charge in [-0.3, -0.25) is 9.69 Å². The molecule has 1 aromatic heterocycles. The summed E-state index contributed by atoms with van der Waals surface area (Å²) in [7, 11) is -4.01. The Kier molecular flexibility index (Phi) is 7.39. The summed E-state index contributed by atoms with van der Waals surface area (Å²) in [5.74, 6) is -2.85. The minimum atomic E-state index is -4.01. The third-order valence-electron chi connectivity index (χ3n) is 6.35. The lowest BCUT2D eigenvalue weighted by Gasteiger charge is -2.33. The van der Waals surface area contributed by atoms with E-state index in [2.05, 4.69) is 15.9 Å². The van der Waals surface area contributed by atoms with E-state index in [4.69, 9.17) is 4.98 Å². The molecule has 1 saturated heterocycles. The highest BCUT2D eigenvalue weighted by atomic mass is 79.9. The summed E-state index contributed by atoms with van der Waals surface area (Å²) in [5.41, 5.74) is 1.75. The number of benzene rings is 3. The van der Waals surface area contributed by atoms with E-state index in [1.165, 1.54) is 15.6 Å². The monoisotopic (exact) mass is 605 g/mol. The molecule has 0 atom stereocenters. The van der Waals surface area contributed by atoms with Crippen LogP contribution in [0.15, 0.2) is 76.1 Å². The number of hydrogen-bond acceptors (Lipinski definition) is 5. The second-order valence-corrected chi connectivity index (χ2v) is 12.6. The van der Waals surface area contributed by atoms with E-state index < -0.39 is 27.6 Å². The molecule has 1 aliphatic heterocycles. The van der Waals surface area contributed by atoms with Gasteiger partial charge in [0, 0.05) is 23.5 Å². The molecule has 0 saturated carbocycles. The van der Waals surface area contributed by atoms with Gasteiger partial charge in [-0.2, -0.15) is 4.31 Å². The molecular formula is C26H22BrF2N3O3S2. The fourth-order valence-corrected chi connectivity index (χ4v) is 7.36. The summed E-state index contributed by atoms with van der Waals surface area (Å²) in [6.45, 7) is 0.543. The molecule has 192 valence electrons. The summed E-state index contributed by atoms with van der Waals surface area (Å²) in [6.07, 6.45) is 0.618. The maximum atomic E-state index is 13.8. The minimum absolute atomic E-state index is 0.101. The summed E-state index contributed by atoms with van der Waals surface area (Å²) in [5, 5.41) is 0.582. The molecule has 1 fully saturated rings. The van der Waals surface area contributed by atoms with Gasteiger partial charge >= 0.3 is 0 Å². The van der Waals surface area contributed by atoms with Gasteiger partial charge in [0.05, 0.1) is 21.7 Å². The average Bonchev–Trinajstić information content (AvgIpc) is 3.32. The topological polar surface area (TPSA) is 70.6 Å². The van der Waals surface area contributed by atoms with Crippen molar-refractivity contribution in [1.82, 2.24) is 9.29 Å². The molecule has 0 spiro atoms. The number of carbonyl (C=O) groups excluding carboxylic acids is 1.